The molecule has 1 saturated carbocycles. The van der Waals surface area contributed by atoms with E-state index < -0.39 is 5.60 Å². The van der Waals surface area contributed by atoms with E-state index in [1.165, 1.54) is 12.8 Å². The van der Waals surface area contributed by atoms with Crippen LogP contribution in [-0.2, 0) is 9.53 Å². The molecule has 1 aromatic carbocycles. The fourth-order valence-corrected chi connectivity index (χ4v) is 2.90. The van der Waals surface area contributed by atoms with Crippen LogP contribution in [0.15, 0.2) is 24.3 Å². The standard InChI is InChI=1S/C19H29NO3/c1-4-5-14-19(2,22-3)18(21)20-15-10-12-17(13-11-15)23-16-8-6-7-9-16/h10-13,16H,4-9,14H2,1-3H3,(H,20,21)/t19-/m0/s1. The van der Waals surface area contributed by atoms with Crippen LogP contribution < -0.4 is 10.1 Å². The number of amides is 1. The van der Waals surface area contributed by atoms with Crippen molar-refractivity contribution in [2.75, 3.05) is 12.4 Å². The minimum Gasteiger partial charge on any atom is -0.490 e. The van der Waals surface area contributed by atoms with E-state index in [0.29, 0.717) is 12.5 Å². The van der Waals surface area contributed by atoms with Gasteiger partial charge in [0.15, 0.2) is 0 Å². The first-order chi connectivity index (χ1) is 11.1. The Hall–Kier alpha value is -1.55. The van der Waals surface area contributed by atoms with Crippen LogP contribution in [0, 0.1) is 0 Å². The van der Waals surface area contributed by atoms with Crippen LogP contribution in [0.3, 0.4) is 0 Å². The van der Waals surface area contributed by atoms with Crippen molar-refractivity contribution in [3.63, 3.8) is 0 Å². The smallest absolute Gasteiger partial charge is 0.256 e. The van der Waals surface area contributed by atoms with Gasteiger partial charge < -0.3 is 14.8 Å². The maximum absolute atomic E-state index is 12.5. The van der Waals surface area contributed by atoms with Crippen molar-refractivity contribution >= 4 is 11.6 Å². The van der Waals surface area contributed by atoms with Crippen LogP contribution in [0.2, 0.25) is 0 Å². The summed E-state index contributed by atoms with van der Waals surface area (Å²) < 4.78 is 11.4. The summed E-state index contributed by atoms with van der Waals surface area (Å²) >= 11 is 0. The third kappa shape index (κ3) is 4.96. The molecule has 0 radical (unpaired) electrons. The number of rotatable bonds is 8. The molecule has 1 amide bonds. The Labute approximate surface area is 139 Å². The minimum atomic E-state index is -0.783. The lowest BCUT2D eigenvalue weighted by Crippen LogP contribution is -2.41. The Morgan fingerprint density at radius 1 is 1.26 bits per heavy atom. The molecule has 23 heavy (non-hydrogen) atoms. The summed E-state index contributed by atoms with van der Waals surface area (Å²) in [5.41, 5.74) is -0.0109. The highest BCUT2D eigenvalue weighted by Crippen LogP contribution is 2.26. The number of nitrogens with one attached hydrogen (secondary N) is 1. The predicted octanol–water partition coefficient (Wildman–Crippen LogP) is 4.54. The Kier molecular flexibility index (Phi) is 6.46. The number of hydrogen-bond acceptors (Lipinski definition) is 3. The fraction of sp³-hybridized carbons (Fsp3) is 0.632. The van der Waals surface area contributed by atoms with Gasteiger partial charge in [-0.3, -0.25) is 4.79 Å². The quantitative estimate of drug-likeness (QED) is 0.765. The molecule has 0 unspecified atom stereocenters. The zero-order chi connectivity index (χ0) is 16.7. The SMILES string of the molecule is CCCC[C@](C)(OC)C(=O)Nc1ccc(OC2CCCC2)cc1. The summed E-state index contributed by atoms with van der Waals surface area (Å²) in [6.45, 7) is 3.95. The van der Waals surface area contributed by atoms with Gasteiger partial charge in [-0.15, -0.1) is 0 Å². The number of carbonyl (C=O) groups excluding carboxylic acids is 1. The zero-order valence-corrected chi connectivity index (χ0v) is 14.6. The van der Waals surface area contributed by atoms with Crippen LogP contribution in [0.5, 0.6) is 5.75 Å². The van der Waals surface area contributed by atoms with E-state index in [0.717, 1.165) is 37.1 Å². The molecule has 1 N–H and O–H groups in total. The number of unbranched alkanes of at least 4 members (excludes halogenated alkanes) is 1. The Bertz CT molecular complexity index is 494. The normalized spacial score (nSPS) is 17.7. The van der Waals surface area contributed by atoms with Crippen molar-refractivity contribution in [2.24, 2.45) is 0 Å². The number of anilines is 1. The summed E-state index contributed by atoms with van der Waals surface area (Å²) in [5.74, 6) is 0.772. The van der Waals surface area contributed by atoms with Gasteiger partial charge in [0.2, 0.25) is 0 Å². The zero-order valence-electron chi connectivity index (χ0n) is 14.6. The van der Waals surface area contributed by atoms with Gasteiger partial charge in [-0.05, 0) is 63.3 Å². The van der Waals surface area contributed by atoms with Gasteiger partial charge in [0.1, 0.15) is 11.4 Å². The number of benzene rings is 1. The van der Waals surface area contributed by atoms with Gasteiger partial charge >= 0.3 is 0 Å². The molecule has 4 heteroatoms. The van der Waals surface area contributed by atoms with E-state index in [4.69, 9.17) is 9.47 Å². The molecule has 0 saturated heterocycles. The Morgan fingerprint density at radius 2 is 1.91 bits per heavy atom. The van der Waals surface area contributed by atoms with Gasteiger partial charge in [0.25, 0.3) is 5.91 Å². The lowest BCUT2D eigenvalue weighted by molar-refractivity contribution is -0.136. The molecular weight excluding hydrogens is 290 g/mol. The van der Waals surface area contributed by atoms with Crippen LogP contribution >= 0.6 is 0 Å². The van der Waals surface area contributed by atoms with Crippen LogP contribution in [-0.4, -0.2) is 24.7 Å². The molecule has 1 fully saturated rings. The first-order valence-electron chi connectivity index (χ1n) is 8.70. The van der Waals surface area contributed by atoms with Crippen molar-refractivity contribution in [1.29, 1.82) is 0 Å². The minimum absolute atomic E-state index is 0.0992. The van der Waals surface area contributed by atoms with Crippen molar-refractivity contribution in [3.05, 3.63) is 24.3 Å². The second kappa shape index (κ2) is 8.34. The summed E-state index contributed by atoms with van der Waals surface area (Å²) in [5, 5.41) is 2.94. The highest BCUT2D eigenvalue weighted by atomic mass is 16.5. The lowest BCUT2D eigenvalue weighted by atomic mass is 9.97. The van der Waals surface area contributed by atoms with Crippen LogP contribution in [0.4, 0.5) is 5.69 Å². The third-order valence-corrected chi connectivity index (χ3v) is 4.66. The molecule has 0 aromatic heterocycles. The van der Waals surface area contributed by atoms with Crippen molar-refractivity contribution in [3.8, 4) is 5.75 Å². The molecule has 0 spiro atoms. The van der Waals surface area contributed by atoms with Gasteiger partial charge in [0.05, 0.1) is 6.10 Å². The number of methoxy groups -OCH3 is 1. The Balaban J connectivity index is 1.92. The molecule has 1 aliphatic carbocycles. The van der Waals surface area contributed by atoms with Crippen molar-refractivity contribution in [2.45, 2.75) is 70.5 Å². The number of hydrogen-bond donors (Lipinski definition) is 1. The van der Waals surface area contributed by atoms with Gasteiger partial charge in [-0.25, -0.2) is 0 Å². The summed E-state index contributed by atoms with van der Waals surface area (Å²) in [4.78, 5) is 12.5. The van der Waals surface area contributed by atoms with E-state index in [1.54, 1.807) is 7.11 Å². The van der Waals surface area contributed by atoms with Crippen molar-refractivity contribution < 1.29 is 14.3 Å². The number of ether oxygens (including phenoxy) is 2. The predicted molar refractivity (Wildman–Crippen MR) is 92.9 cm³/mol. The highest BCUT2D eigenvalue weighted by molar-refractivity contribution is 5.97. The molecular formula is C19H29NO3. The van der Waals surface area contributed by atoms with Gasteiger partial charge in [-0.2, -0.15) is 0 Å². The molecule has 0 bridgehead atoms. The first-order valence-corrected chi connectivity index (χ1v) is 8.70. The molecule has 1 aliphatic rings. The summed E-state index contributed by atoms with van der Waals surface area (Å²) in [6, 6.07) is 7.62. The monoisotopic (exact) mass is 319 g/mol. The average Bonchev–Trinajstić information content (AvgIpc) is 3.07. The second-order valence-corrected chi connectivity index (χ2v) is 6.54. The molecule has 1 atom stereocenters. The first kappa shape index (κ1) is 17.8. The van der Waals surface area contributed by atoms with Crippen LogP contribution in [0.1, 0.15) is 58.8 Å². The molecule has 128 valence electrons. The van der Waals surface area contributed by atoms with E-state index in [1.807, 2.05) is 31.2 Å². The van der Waals surface area contributed by atoms with E-state index in [9.17, 15) is 4.79 Å². The van der Waals surface area contributed by atoms with Gasteiger partial charge in [0, 0.05) is 12.8 Å². The molecule has 0 heterocycles. The maximum atomic E-state index is 12.5. The largest absolute Gasteiger partial charge is 0.490 e. The second-order valence-electron chi connectivity index (χ2n) is 6.54. The highest BCUT2D eigenvalue weighted by Gasteiger charge is 2.32. The summed E-state index contributed by atoms with van der Waals surface area (Å²) in [6.07, 6.45) is 7.86. The van der Waals surface area contributed by atoms with E-state index >= 15 is 0 Å². The lowest BCUT2D eigenvalue weighted by Gasteiger charge is -2.26. The molecule has 4 nitrogen and oxygen atoms in total. The molecule has 2 rings (SSSR count). The molecule has 0 aliphatic heterocycles. The fourth-order valence-electron chi connectivity index (χ4n) is 2.90. The van der Waals surface area contributed by atoms with Gasteiger partial charge in [-0.1, -0.05) is 19.8 Å². The maximum Gasteiger partial charge on any atom is 0.256 e. The van der Waals surface area contributed by atoms with Crippen LogP contribution in [0.25, 0.3) is 0 Å². The number of carbonyl (C=O) groups is 1. The third-order valence-electron chi connectivity index (χ3n) is 4.66. The Morgan fingerprint density at radius 3 is 2.48 bits per heavy atom. The van der Waals surface area contributed by atoms with Crippen molar-refractivity contribution in [1.82, 2.24) is 0 Å². The topological polar surface area (TPSA) is 47.6 Å². The molecule has 1 aromatic rings. The summed E-state index contributed by atoms with van der Waals surface area (Å²) in [7, 11) is 1.59. The van der Waals surface area contributed by atoms with E-state index in [-0.39, 0.29) is 5.91 Å². The average molecular weight is 319 g/mol. The van der Waals surface area contributed by atoms with E-state index in [2.05, 4.69) is 12.2 Å².